The van der Waals surface area contributed by atoms with Crippen LogP contribution >= 0.6 is 0 Å². The van der Waals surface area contributed by atoms with Gasteiger partial charge in [0.05, 0.1) is 31.4 Å². The first-order valence-corrected chi connectivity index (χ1v) is 13.3. The minimum absolute atomic E-state index is 0.0697. The Labute approximate surface area is 222 Å². The zero-order chi connectivity index (χ0) is 26.5. The summed E-state index contributed by atoms with van der Waals surface area (Å²) in [4.78, 5) is 30.5. The van der Waals surface area contributed by atoms with Crippen LogP contribution in [0.4, 0.5) is 0 Å². The monoisotopic (exact) mass is 522 g/mol. The molecule has 2 fully saturated rings. The number of aliphatic hydroxyl groups excluding tert-OH is 1. The Morgan fingerprint density at radius 3 is 2.45 bits per heavy atom. The van der Waals surface area contributed by atoms with Crippen molar-refractivity contribution in [1.82, 2.24) is 9.80 Å². The Balaban J connectivity index is 1.47. The van der Waals surface area contributed by atoms with Gasteiger partial charge in [-0.15, -0.1) is 0 Å². The highest BCUT2D eigenvalue weighted by Crippen LogP contribution is 2.41. The van der Waals surface area contributed by atoms with Crippen molar-refractivity contribution in [2.45, 2.75) is 25.8 Å². The van der Waals surface area contributed by atoms with Crippen LogP contribution in [0.3, 0.4) is 0 Å². The lowest BCUT2D eigenvalue weighted by atomic mass is 9.95. The number of hydrogen-bond acceptors (Lipinski definition) is 8. The van der Waals surface area contributed by atoms with Gasteiger partial charge >= 0.3 is 0 Å². The number of hydrogen-bond donors (Lipinski definition) is 1. The molecular weight excluding hydrogens is 488 g/mol. The molecule has 3 heterocycles. The summed E-state index contributed by atoms with van der Waals surface area (Å²) >= 11 is 0. The summed E-state index contributed by atoms with van der Waals surface area (Å²) in [5.74, 6) is 0.256. The maximum atomic E-state index is 13.4. The number of carbonyl (C=O) groups is 2. The maximum absolute atomic E-state index is 13.4. The number of carbonyl (C=O) groups excluding carboxylic acids is 2. The molecule has 9 nitrogen and oxygen atoms in total. The second kappa shape index (κ2) is 11.9. The molecule has 2 saturated heterocycles. The van der Waals surface area contributed by atoms with Crippen LogP contribution in [-0.2, 0) is 14.3 Å². The fraction of sp³-hybridized carbons (Fsp3) is 0.448. The number of Topliss-reactive ketones (excluding diaryl/α,β-unsaturated/α-hetero) is 1. The molecule has 0 radical (unpaired) electrons. The highest BCUT2D eigenvalue weighted by molar-refractivity contribution is 6.46. The topological polar surface area (TPSA) is 97.8 Å². The molecule has 0 saturated carbocycles. The van der Waals surface area contributed by atoms with E-state index in [1.807, 2.05) is 31.2 Å². The molecule has 2 aromatic carbocycles. The molecular formula is C29H34N2O7. The highest BCUT2D eigenvalue weighted by atomic mass is 16.6. The van der Waals surface area contributed by atoms with Crippen LogP contribution in [0.2, 0.25) is 0 Å². The molecule has 3 aliphatic rings. The van der Waals surface area contributed by atoms with Crippen molar-refractivity contribution in [1.29, 1.82) is 0 Å². The van der Waals surface area contributed by atoms with Crippen molar-refractivity contribution < 1.29 is 33.6 Å². The van der Waals surface area contributed by atoms with Crippen molar-refractivity contribution in [3.63, 3.8) is 0 Å². The fourth-order valence-electron chi connectivity index (χ4n) is 5.06. The number of fused-ring (bicyclic) bond motifs is 1. The molecule has 5 rings (SSSR count). The van der Waals surface area contributed by atoms with Crippen LogP contribution in [0.15, 0.2) is 48.0 Å². The Kier molecular flexibility index (Phi) is 8.14. The standard InChI is InChI=1S/C29H34N2O7/c1-2-14-36-22-7-4-20(5-8-22)26-25(27(32)21-6-9-23-24(19-21)38-18-17-37-23)28(33)29(34)31(26)11-3-10-30-12-15-35-16-13-30/h4-9,19,26,32H,2-3,10-18H2,1H3/t26-/m1/s1. The van der Waals surface area contributed by atoms with Crippen molar-refractivity contribution in [3.8, 4) is 17.2 Å². The average Bonchev–Trinajstić information content (AvgIpc) is 3.21. The molecule has 2 aromatic rings. The van der Waals surface area contributed by atoms with Crippen LogP contribution in [0.1, 0.15) is 36.9 Å². The van der Waals surface area contributed by atoms with Crippen molar-refractivity contribution in [2.24, 2.45) is 0 Å². The highest BCUT2D eigenvalue weighted by Gasteiger charge is 2.46. The number of nitrogens with zero attached hydrogens (tertiary/aromatic N) is 2. The van der Waals surface area contributed by atoms with Crippen LogP contribution < -0.4 is 14.2 Å². The van der Waals surface area contributed by atoms with E-state index in [0.717, 1.165) is 31.6 Å². The Morgan fingerprint density at radius 2 is 1.71 bits per heavy atom. The van der Waals surface area contributed by atoms with E-state index in [9.17, 15) is 14.7 Å². The molecule has 0 aromatic heterocycles. The second-order valence-electron chi connectivity index (χ2n) is 9.58. The molecule has 1 N–H and O–H groups in total. The molecule has 202 valence electrons. The van der Waals surface area contributed by atoms with Crippen LogP contribution in [-0.4, -0.2) is 85.8 Å². The van der Waals surface area contributed by atoms with Gasteiger partial charge < -0.3 is 29.0 Å². The van der Waals surface area contributed by atoms with Gasteiger partial charge in [-0.05, 0) is 48.7 Å². The quantitative estimate of drug-likeness (QED) is 0.304. The summed E-state index contributed by atoms with van der Waals surface area (Å²) < 4.78 is 22.4. The third-order valence-electron chi connectivity index (χ3n) is 7.00. The number of ether oxygens (including phenoxy) is 4. The van der Waals surface area contributed by atoms with Gasteiger partial charge in [0.15, 0.2) is 11.5 Å². The summed E-state index contributed by atoms with van der Waals surface area (Å²) in [6.45, 7) is 7.78. The van der Waals surface area contributed by atoms with Gasteiger partial charge in [-0.2, -0.15) is 0 Å². The zero-order valence-corrected chi connectivity index (χ0v) is 21.7. The van der Waals surface area contributed by atoms with Crippen LogP contribution in [0.25, 0.3) is 5.76 Å². The predicted molar refractivity (Wildman–Crippen MR) is 141 cm³/mol. The average molecular weight is 523 g/mol. The van der Waals surface area contributed by atoms with Gasteiger partial charge in [0, 0.05) is 31.7 Å². The van der Waals surface area contributed by atoms with Crippen molar-refractivity contribution in [2.75, 3.05) is 59.2 Å². The lowest BCUT2D eigenvalue weighted by Crippen LogP contribution is -2.38. The van der Waals surface area contributed by atoms with Crippen molar-refractivity contribution >= 4 is 17.4 Å². The molecule has 9 heteroatoms. The van der Waals surface area contributed by atoms with E-state index < -0.39 is 17.7 Å². The summed E-state index contributed by atoms with van der Waals surface area (Å²) in [7, 11) is 0. The van der Waals surface area contributed by atoms with E-state index in [1.54, 1.807) is 23.1 Å². The number of aliphatic hydroxyl groups is 1. The first-order valence-electron chi connectivity index (χ1n) is 13.3. The van der Waals surface area contributed by atoms with E-state index in [4.69, 9.17) is 18.9 Å². The third kappa shape index (κ3) is 5.49. The molecule has 38 heavy (non-hydrogen) atoms. The minimum atomic E-state index is -0.715. The zero-order valence-electron chi connectivity index (χ0n) is 21.7. The van der Waals surface area contributed by atoms with Crippen LogP contribution in [0, 0.1) is 0 Å². The summed E-state index contributed by atoms with van der Waals surface area (Å²) in [6.07, 6.45) is 1.59. The summed E-state index contributed by atoms with van der Waals surface area (Å²) in [5, 5.41) is 11.4. The number of benzene rings is 2. The summed E-state index contributed by atoms with van der Waals surface area (Å²) in [5.41, 5.74) is 1.20. The van der Waals surface area contributed by atoms with Gasteiger partial charge in [0.1, 0.15) is 24.7 Å². The number of morpholine rings is 1. The Bertz CT molecular complexity index is 1190. The molecule has 3 aliphatic heterocycles. The van der Waals surface area contributed by atoms with Gasteiger partial charge in [0.2, 0.25) is 0 Å². The van der Waals surface area contributed by atoms with E-state index in [2.05, 4.69) is 4.90 Å². The molecule has 1 atom stereocenters. The number of ketones is 1. The SMILES string of the molecule is CCCOc1ccc([C@@H]2C(=C(O)c3ccc4c(c3)OCCO4)C(=O)C(=O)N2CCCN2CCOCC2)cc1. The summed E-state index contributed by atoms with van der Waals surface area (Å²) in [6, 6.07) is 11.7. The maximum Gasteiger partial charge on any atom is 0.295 e. The largest absolute Gasteiger partial charge is 0.507 e. The lowest BCUT2D eigenvalue weighted by molar-refractivity contribution is -0.140. The minimum Gasteiger partial charge on any atom is -0.507 e. The number of amides is 1. The van der Waals surface area contributed by atoms with E-state index >= 15 is 0 Å². The third-order valence-corrected chi connectivity index (χ3v) is 7.00. The van der Waals surface area contributed by atoms with Gasteiger partial charge in [-0.1, -0.05) is 19.1 Å². The van der Waals surface area contributed by atoms with Gasteiger partial charge in [-0.3, -0.25) is 14.5 Å². The lowest BCUT2D eigenvalue weighted by Gasteiger charge is -2.29. The smallest absolute Gasteiger partial charge is 0.295 e. The van der Waals surface area contributed by atoms with Crippen LogP contribution in [0.5, 0.6) is 17.2 Å². The molecule has 0 spiro atoms. The Hall–Kier alpha value is -3.56. The first kappa shape index (κ1) is 26.1. The number of rotatable bonds is 9. The molecule has 0 bridgehead atoms. The first-order chi connectivity index (χ1) is 18.6. The molecule has 0 unspecified atom stereocenters. The van der Waals surface area contributed by atoms with E-state index in [-0.39, 0.29) is 11.3 Å². The fourth-order valence-corrected chi connectivity index (χ4v) is 5.06. The van der Waals surface area contributed by atoms with Gasteiger partial charge in [0.25, 0.3) is 11.7 Å². The van der Waals surface area contributed by atoms with E-state index in [1.165, 1.54) is 0 Å². The van der Waals surface area contributed by atoms with Gasteiger partial charge in [-0.25, -0.2) is 0 Å². The molecule has 1 amide bonds. The van der Waals surface area contributed by atoms with Crippen molar-refractivity contribution in [3.05, 3.63) is 59.2 Å². The second-order valence-corrected chi connectivity index (χ2v) is 9.58. The van der Waals surface area contributed by atoms with E-state index in [0.29, 0.717) is 68.8 Å². The normalized spacial score (nSPS) is 21.1. The Morgan fingerprint density at radius 1 is 0.974 bits per heavy atom. The number of likely N-dealkylation sites (tertiary alicyclic amines) is 1. The predicted octanol–water partition coefficient (Wildman–Crippen LogP) is 3.39. The molecule has 0 aliphatic carbocycles.